The number of aromatic nitrogens is 5. The molecule has 100 valence electrons. The summed E-state index contributed by atoms with van der Waals surface area (Å²) in [6.45, 7) is 0. The molecule has 0 amide bonds. The first kappa shape index (κ1) is 12.2. The van der Waals surface area contributed by atoms with Crippen LogP contribution in [0.5, 0.6) is 0 Å². The lowest BCUT2D eigenvalue weighted by atomic mass is 10.4. The third-order valence-electron chi connectivity index (χ3n) is 2.84. The van der Waals surface area contributed by atoms with E-state index in [9.17, 15) is 4.79 Å². The van der Waals surface area contributed by atoms with Gasteiger partial charge in [-0.1, -0.05) is 11.8 Å². The van der Waals surface area contributed by atoms with Gasteiger partial charge in [0.05, 0.1) is 5.75 Å². The smallest absolute Gasteiger partial charge is 0.313 e. The monoisotopic (exact) mass is 279 g/mol. The quantitative estimate of drug-likeness (QED) is 0.827. The van der Waals surface area contributed by atoms with Crippen LogP contribution in [0.15, 0.2) is 17.4 Å². The lowest BCUT2D eigenvalue weighted by Crippen LogP contribution is -2.03. The maximum absolute atomic E-state index is 10.7. The number of aliphatic carboxylic acids is 1. The number of nitrogens with zero attached hydrogens (tertiary/aromatic N) is 5. The predicted octanol–water partition coefficient (Wildman–Crippen LogP) is 1.19. The molecule has 0 spiro atoms. The van der Waals surface area contributed by atoms with Crippen LogP contribution in [0.3, 0.4) is 0 Å². The molecule has 8 heteroatoms. The van der Waals surface area contributed by atoms with Crippen LogP contribution in [0.4, 0.5) is 0 Å². The Labute approximate surface area is 113 Å². The van der Waals surface area contributed by atoms with Gasteiger partial charge in [0.15, 0.2) is 11.0 Å². The van der Waals surface area contributed by atoms with Crippen LogP contribution in [0.25, 0.3) is 11.5 Å². The van der Waals surface area contributed by atoms with Gasteiger partial charge in [-0.2, -0.15) is 5.10 Å². The minimum absolute atomic E-state index is 0.00687. The maximum Gasteiger partial charge on any atom is 0.313 e. The Hall–Kier alpha value is -1.83. The molecule has 1 fully saturated rings. The Kier molecular flexibility index (Phi) is 3.02. The van der Waals surface area contributed by atoms with Gasteiger partial charge in [0.2, 0.25) is 0 Å². The van der Waals surface area contributed by atoms with Crippen molar-refractivity contribution in [1.82, 2.24) is 24.5 Å². The molecule has 3 rings (SSSR count). The molecule has 7 nitrogen and oxygen atoms in total. The molecular weight excluding hydrogens is 266 g/mol. The zero-order valence-corrected chi connectivity index (χ0v) is 11.2. The molecule has 19 heavy (non-hydrogen) atoms. The highest BCUT2D eigenvalue weighted by molar-refractivity contribution is 7.99. The first-order valence-corrected chi connectivity index (χ1v) is 6.93. The lowest BCUT2D eigenvalue weighted by Gasteiger charge is -2.06. The Bertz CT molecular complexity index is 616. The summed E-state index contributed by atoms with van der Waals surface area (Å²) >= 11 is 1.20. The number of rotatable bonds is 5. The van der Waals surface area contributed by atoms with Gasteiger partial charge in [0.25, 0.3) is 0 Å². The first-order chi connectivity index (χ1) is 9.15. The molecule has 0 unspecified atom stereocenters. The van der Waals surface area contributed by atoms with E-state index in [0.29, 0.717) is 11.2 Å². The number of carboxylic acid groups (broad SMARTS) is 1. The van der Waals surface area contributed by atoms with Crippen LogP contribution >= 0.6 is 11.8 Å². The minimum atomic E-state index is -0.852. The second-order valence-electron chi connectivity index (χ2n) is 4.46. The topological polar surface area (TPSA) is 85.8 Å². The van der Waals surface area contributed by atoms with Crippen LogP contribution in [-0.2, 0) is 11.8 Å². The summed E-state index contributed by atoms with van der Waals surface area (Å²) < 4.78 is 3.72. The van der Waals surface area contributed by atoms with Crippen molar-refractivity contribution < 1.29 is 9.90 Å². The van der Waals surface area contributed by atoms with Crippen molar-refractivity contribution in [3.8, 4) is 11.5 Å². The van der Waals surface area contributed by atoms with Crippen LogP contribution in [0.2, 0.25) is 0 Å². The fourth-order valence-corrected chi connectivity index (χ4v) is 2.60. The average Bonchev–Trinajstić information content (AvgIpc) is 2.97. The third-order valence-corrected chi connectivity index (χ3v) is 3.77. The second-order valence-corrected chi connectivity index (χ2v) is 5.41. The summed E-state index contributed by atoms with van der Waals surface area (Å²) in [6.07, 6.45) is 4.02. The molecule has 0 radical (unpaired) electrons. The highest BCUT2D eigenvalue weighted by Gasteiger charge is 2.30. The molecule has 0 atom stereocenters. The molecule has 0 aliphatic heterocycles. The number of carbonyl (C=O) groups is 1. The Morgan fingerprint density at radius 3 is 2.89 bits per heavy atom. The second kappa shape index (κ2) is 4.69. The number of hydrogen-bond donors (Lipinski definition) is 1. The predicted molar refractivity (Wildman–Crippen MR) is 68.9 cm³/mol. The van der Waals surface area contributed by atoms with Crippen LogP contribution in [-0.4, -0.2) is 41.4 Å². The summed E-state index contributed by atoms with van der Waals surface area (Å²) in [7, 11) is 1.85. The highest BCUT2D eigenvalue weighted by atomic mass is 32.2. The lowest BCUT2D eigenvalue weighted by molar-refractivity contribution is -0.133. The van der Waals surface area contributed by atoms with Crippen LogP contribution in [0.1, 0.15) is 18.9 Å². The van der Waals surface area contributed by atoms with Crippen LogP contribution in [0, 0.1) is 0 Å². The number of hydrogen-bond acceptors (Lipinski definition) is 5. The van der Waals surface area contributed by atoms with E-state index in [4.69, 9.17) is 5.11 Å². The van der Waals surface area contributed by atoms with E-state index in [0.717, 1.165) is 24.4 Å². The number of aryl methyl sites for hydroxylation is 1. The van der Waals surface area contributed by atoms with E-state index in [-0.39, 0.29) is 5.75 Å². The van der Waals surface area contributed by atoms with Crippen molar-refractivity contribution >= 4 is 17.7 Å². The fourth-order valence-electron chi connectivity index (χ4n) is 1.87. The highest BCUT2D eigenvalue weighted by Crippen LogP contribution is 2.40. The maximum atomic E-state index is 10.7. The van der Waals surface area contributed by atoms with E-state index in [1.54, 1.807) is 4.68 Å². The van der Waals surface area contributed by atoms with E-state index >= 15 is 0 Å². The van der Waals surface area contributed by atoms with Crippen molar-refractivity contribution in [1.29, 1.82) is 0 Å². The van der Waals surface area contributed by atoms with Gasteiger partial charge in [0, 0.05) is 19.3 Å². The zero-order valence-electron chi connectivity index (χ0n) is 10.4. The molecule has 2 heterocycles. The summed E-state index contributed by atoms with van der Waals surface area (Å²) in [6, 6.07) is 2.26. The molecule has 2 aromatic rings. The van der Waals surface area contributed by atoms with Gasteiger partial charge in [-0.15, -0.1) is 10.2 Å². The minimum Gasteiger partial charge on any atom is -0.481 e. The van der Waals surface area contributed by atoms with E-state index in [1.807, 2.05) is 23.9 Å². The Balaban J connectivity index is 1.94. The van der Waals surface area contributed by atoms with Gasteiger partial charge in [-0.05, 0) is 18.9 Å². The van der Waals surface area contributed by atoms with Gasteiger partial charge in [0.1, 0.15) is 5.69 Å². The molecule has 0 aromatic carbocycles. The number of carboxylic acids is 1. The van der Waals surface area contributed by atoms with Gasteiger partial charge < -0.3 is 5.11 Å². The summed E-state index contributed by atoms with van der Waals surface area (Å²) in [5, 5.41) is 22.0. The van der Waals surface area contributed by atoms with E-state index in [2.05, 4.69) is 15.3 Å². The summed E-state index contributed by atoms with van der Waals surface area (Å²) in [4.78, 5) is 10.7. The van der Waals surface area contributed by atoms with E-state index < -0.39 is 5.97 Å². The molecule has 1 N–H and O–H groups in total. The third kappa shape index (κ3) is 2.48. The number of thioether (sulfide) groups is 1. The molecule has 1 aliphatic rings. The SMILES string of the molecule is Cn1ccc(-c2nnc(SCC(=O)O)n2C2CC2)n1. The van der Waals surface area contributed by atoms with E-state index in [1.165, 1.54) is 11.8 Å². The standard InChI is InChI=1S/C11H13N5O2S/c1-15-5-4-8(14-15)10-12-13-11(19-6-9(17)18)16(10)7-2-3-7/h4-5,7H,2-3,6H2,1H3,(H,17,18). The summed E-state index contributed by atoms with van der Waals surface area (Å²) in [5.74, 6) is -0.140. The van der Waals surface area contributed by atoms with Gasteiger partial charge in [-0.3, -0.25) is 14.0 Å². The van der Waals surface area contributed by atoms with Crippen molar-refractivity contribution in [3.63, 3.8) is 0 Å². The molecule has 1 aliphatic carbocycles. The fraction of sp³-hybridized carbons (Fsp3) is 0.455. The normalized spacial score (nSPS) is 14.8. The van der Waals surface area contributed by atoms with Crippen LogP contribution < -0.4 is 0 Å². The zero-order chi connectivity index (χ0) is 13.4. The van der Waals surface area contributed by atoms with Gasteiger partial charge in [-0.25, -0.2) is 0 Å². The average molecular weight is 279 g/mol. The summed E-state index contributed by atoms with van der Waals surface area (Å²) in [5.41, 5.74) is 0.768. The van der Waals surface area contributed by atoms with Crippen molar-refractivity contribution in [3.05, 3.63) is 12.3 Å². The van der Waals surface area contributed by atoms with Gasteiger partial charge >= 0.3 is 5.97 Å². The Morgan fingerprint density at radius 2 is 2.32 bits per heavy atom. The molecular formula is C11H13N5O2S. The molecule has 1 saturated carbocycles. The largest absolute Gasteiger partial charge is 0.481 e. The molecule has 2 aromatic heterocycles. The Morgan fingerprint density at radius 1 is 1.53 bits per heavy atom. The van der Waals surface area contributed by atoms with Crippen molar-refractivity contribution in [2.24, 2.45) is 7.05 Å². The molecule has 0 saturated heterocycles. The molecule has 0 bridgehead atoms. The van der Waals surface area contributed by atoms with Crippen molar-refractivity contribution in [2.75, 3.05) is 5.75 Å². The first-order valence-electron chi connectivity index (χ1n) is 5.94. The van der Waals surface area contributed by atoms with Crippen molar-refractivity contribution in [2.45, 2.75) is 24.0 Å².